The molecule has 0 saturated heterocycles. The molecule has 122 valence electrons. The molecule has 1 aromatic heterocycles. The Morgan fingerprint density at radius 1 is 1.04 bits per heavy atom. The van der Waals surface area contributed by atoms with Gasteiger partial charge < -0.3 is 10.6 Å². The first kappa shape index (κ1) is 16.9. The summed E-state index contributed by atoms with van der Waals surface area (Å²) in [5.74, 6) is 0.302. The van der Waals surface area contributed by atoms with Crippen LogP contribution in [0.1, 0.15) is 50.5 Å². The summed E-state index contributed by atoms with van der Waals surface area (Å²) in [6.07, 6.45) is 3.05. The van der Waals surface area contributed by atoms with Gasteiger partial charge in [-0.2, -0.15) is 0 Å². The zero-order chi connectivity index (χ0) is 17.0. The standard InChI is InChI=1S/C18H24N4O/c1-12(2)21-17-19-10-13(11-20-17)16(23)22-15-8-6-14(7-9-15)18(3,4)5/h6-12H,1-5H3,(H,22,23)(H,19,20,21). The summed E-state index contributed by atoms with van der Waals surface area (Å²) in [6, 6.07) is 8.13. The number of aromatic nitrogens is 2. The number of benzene rings is 1. The van der Waals surface area contributed by atoms with Crippen LogP contribution in [0.5, 0.6) is 0 Å². The van der Waals surface area contributed by atoms with Crippen molar-refractivity contribution >= 4 is 17.5 Å². The van der Waals surface area contributed by atoms with Gasteiger partial charge in [-0.25, -0.2) is 9.97 Å². The van der Waals surface area contributed by atoms with Crippen LogP contribution in [-0.4, -0.2) is 21.9 Å². The second-order valence-corrected chi connectivity index (χ2v) is 6.88. The summed E-state index contributed by atoms with van der Waals surface area (Å²) in [6.45, 7) is 10.5. The molecule has 0 aliphatic heterocycles. The molecule has 1 aromatic carbocycles. The molecular weight excluding hydrogens is 288 g/mol. The Bertz CT molecular complexity index is 655. The number of anilines is 2. The van der Waals surface area contributed by atoms with Gasteiger partial charge in [0.05, 0.1) is 5.56 Å². The van der Waals surface area contributed by atoms with Crippen molar-refractivity contribution in [1.29, 1.82) is 0 Å². The maximum Gasteiger partial charge on any atom is 0.258 e. The van der Waals surface area contributed by atoms with E-state index in [1.807, 2.05) is 38.1 Å². The zero-order valence-electron chi connectivity index (χ0n) is 14.3. The zero-order valence-corrected chi connectivity index (χ0v) is 14.3. The molecule has 0 saturated carbocycles. The van der Waals surface area contributed by atoms with E-state index in [0.717, 1.165) is 5.69 Å². The van der Waals surface area contributed by atoms with Crippen molar-refractivity contribution in [1.82, 2.24) is 9.97 Å². The second kappa shape index (κ2) is 6.77. The van der Waals surface area contributed by atoms with Crippen molar-refractivity contribution in [3.63, 3.8) is 0 Å². The van der Waals surface area contributed by atoms with E-state index in [2.05, 4.69) is 41.4 Å². The summed E-state index contributed by atoms with van der Waals surface area (Å²) < 4.78 is 0. The Labute approximate surface area is 137 Å². The summed E-state index contributed by atoms with van der Waals surface area (Å²) in [5, 5.41) is 5.94. The third-order valence-electron chi connectivity index (χ3n) is 3.34. The lowest BCUT2D eigenvalue weighted by Crippen LogP contribution is -2.16. The predicted molar refractivity (Wildman–Crippen MR) is 93.9 cm³/mol. The molecule has 0 aliphatic carbocycles. The highest BCUT2D eigenvalue weighted by Crippen LogP contribution is 2.23. The van der Waals surface area contributed by atoms with Crippen molar-refractivity contribution in [2.75, 3.05) is 10.6 Å². The predicted octanol–water partition coefficient (Wildman–Crippen LogP) is 3.85. The highest BCUT2D eigenvalue weighted by Gasteiger charge is 2.13. The number of hydrogen-bond acceptors (Lipinski definition) is 4. The SMILES string of the molecule is CC(C)Nc1ncc(C(=O)Nc2ccc(C(C)(C)C)cc2)cn1. The van der Waals surface area contributed by atoms with Gasteiger partial charge in [-0.3, -0.25) is 4.79 Å². The van der Waals surface area contributed by atoms with Crippen LogP contribution in [0.15, 0.2) is 36.7 Å². The average molecular weight is 312 g/mol. The van der Waals surface area contributed by atoms with Gasteiger partial charge in [0.15, 0.2) is 0 Å². The third-order valence-corrected chi connectivity index (χ3v) is 3.34. The van der Waals surface area contributed by atoms with Crippen LogP contribution in [0.25, 0.3) is 0 Å². The first-order valence-electron chi connectivity index (χ1n) is 7.76. The minimum Gasteiger partial charge on any atom is -0.352 e. The number of nitrogens with one attached hydrogen (secondary N) is 2. The maximum atomic E-state index is 12.2. The molecule has 0 bridgehead atoms. The fourth-order valence-electron chi connectivity index (χ4n) is 2.03. The van der Waals surface area contributed by atoms with Gasteiger partial charge in [-0.15, -0.1) is 0 Å². The van der Waals surface area contributed by atoms with Crippen LogP contribution >= 0.6 is 0 Å². The second-order valence-electron chi connectivity index (χ2n) is 6.88. The molecule has 0 aliphatic rings. The molecule has 0 radical (unpaired) electrons. The van der Waals surface area contributed by atoms with E-state index in [4.69, 9.17) is 0 Å². The van der Waals surface area contributed by atoms with Crippen LogP contribution < -0.4 is 10.6 Å². The quantitative estimate of drug-likeness (QED) is 0.900. The molecule has 5 heteroatoms. The summed E-state index contributed by atoms with van der Waals surface area (Å²) in [5.41, 5.74) is 2.50. The lowest BCUT2D eigenvalue weighted by molar-refractivity contribution is 0.102. The summed E-state index contributed by atoms with van der Waals surface area (Å²) in [7, 11) is 0. The largest absolute Gasteiger partial charge is 0.352 e. The van der Waals surface area contributed by atoms with Crippen molar-refractivity contribution in [2.24, 2.45) is 0 Å². The summed E-state index contributed by atoms with van der Waals surface area (Å²) in [4.78, 5) is 20.5. The topological polar surface area (TPSA) is 66.9 Å². The molecule has 0 spiro atoms. The Morgan fingerprint density at radius 3 is 2.09 bits per heavy atom. The van der Waals surface area contributed by atoms with Crippen LogP contribution in [0.2, 0.25) is 0 Å². The maximum absolute atomic E-state index is 12.2. The Morgan fingerprint density at radius 2 is 1.61 bits per heavy atom. The number of nitrogens with zero attached hydrogens (tertiary/aromatic N) is 2. The van der Waals surface area contributed by atoms with Crippen LogP contribution in [0, 0.1) is 0 Å². The molecular formula is C18H24N4O. The fraction of sp³-hybridized carbons (Fsp3) is 0.389. The number of hydrogen-bond donors (Lipinski definition) is 2. The summed E-state index contributed by atoms with van der Waals surface area (Å²) >= 11 is 0. The number of rotatable bonds is 4. The van der Waals surface area contributed by atoms with Crippen molar-refractivity contribution < 1.29 is 4.79 Å². The average Bonchev–Trinajstić information content (AvgIpc) is 2.47. The molecule has 2 N–H and O–H groups in total. The Hall–Kier alpha value is -2.43. The van der Waals surface area contributed by atoms with Crippen molar-refractivity contribution in [3.8, 4) is 0 Å². The van der Waals surface area contributed by atoms with E-state index in [0.29, 0.717) is 11.5 Å². The number of carbonyl (C=O) groups is 1. The highest BCUT2D eigenvalue weighted by atomic mass is 16.1. The first-order valence-corrected chi connectivity index (χ1v) is 7.76. The van der Waals surface area contributed by atoms with E-state index in [1.54, 1.807) is 0 Å². The lowest BCUT2D eigenvalue weighted by atomic mass is 9.87. The van der Waals surface area contributed by atoms with Gasteiger partial charge in [-0.05, 0) is 37.0 Å². The minimum atomic E-state index is -0.218. The molecule has 0 fully saturated rings. The van der Waals surface area contributed by atoms with E-state index in [9.17, 15) is 4.79 Å². The first-order chi connectivity index (χ1) is 10.8. The molecule has 2 rings (SSSR count). The molecule has 1 heterocycles. The van der Waals surface area contributed by atoms with Crippen LogP contribution in [0.4, 0.5) is 11.6 Å². The highest BCUT2D eigenvalue weighted by molar-refractivity contribution is 6.03. The van der Waals surface area contributed by atoms with E-state index >= 15 is 0 Å². The number of amides is 1. The molecule has 23 heavy (non-hydrogen) atoms. The number of carbonyl (C=O) groups excluding carboxylic acids is 1. The molecule has 2 aromatic rings. The van der Waals surface area contributed by atoms with E-state index < -0.39 is 0 Å². The van der Waals surface area contributed by atoms with Gasteiger partial charge >= 0.3 is 0 Å². The molecule has 1 amide bonds. The monoisotopic (exact) mass is 312 g/mol. The molecule has 0 unspecified atom stereocenters. The molecule has 5 nitrogen and oxygen atoms in total. The van der Waals surface area contributed by atoms with E-state index in [1.165, 1.54) is 18.0 Å². The normalized spacial score (nSPS) is 11.4. The third kappa shape index (κ3) is 4.77. The smallest absolute Gasteiger partial charge is 0.258 e. The van der Waals surface area contributed by atoms with Crippen LogP contribution in [-0.2, 0) is 5.41 Å². The van der Waals surface area contributed by atoms with Gasteiger partial charge in [0.2, 0.25) is 5.95 Å². The lowest BCUT2D eigenvalue weighted by Gasteiger charge is -2.19. The minimum absolute atomic E-state index is 0.0929. The molecule has 0 atom stereocenters. The van der Waals surface area contributed by atoms with Gasteiger partial charge in [-0.1, -0.05) is 32.9 Å². The van der Waals surface area contributed by atoms with Gasteiger partial charge in [0, 0.05) is 24.1 Å². The van der Waals surface area contributed by atoms with Gasteiger partial charge in [0.1, 0.15) is 0 Å². The van der Waals surface area contributed by atoms with Crippen molar-refractivity contribution in [2.45, 2.75) is 46.1 Å². The van der Waals surface area contributed by atoms with Crippen molar-refractivity contribution in [3.05, 3.63) is 47.8 Å². The van der Waals surface area contributed by atoms with Crippen LogP contribution in [0.3, 0.4) is 0 Å². The Balaban J connectivity index is 2.04. The Kier molecular flexibility index (Phi) is 4.98. The van der Waals surface area contributed by atoms with Gasteiger partial charge in [0.25, 0.3) is 5.91 Å². The fourth-order valence-corrected chi connectivity index (χ4v) is 2.03. The van der Waals surface area contributed by atoms with E-state index in [-0.39, 0.29) is 17.4 Å².